The van der Waals surface area contributed by atoms with Gasteiger partial charge in [0.2, 0.25) is 0 Å². The van der Waals surface area contributed by atoms with Gasteiger partial charge in [0, 0.05) is 28.1 Å². The van der Waals surface area contributed by atoms with Gasteiger partial charge in [0.05, 0.1) is 11.2 Å². The molecule has 0 heterocycles. The normalized spacial score (nSPS) is 12.6. The van der Waals surface area contributed by atoms with Crippen molar-refractivity contribution >= 4 is 17.3 Å². The van der Waals surface area contributed by atoms with Gasteiger partial charge in [-0.25, -0.2) is 0 Å². The summed E-state index contributed by atoms with van der Waals surface area (Å²) in [6, 6.07) is 0. The number of rotatable bonds is 6. The van der Waals surface area contributed by atoms with Crippen LogP contribution in [0, 0.1) is 5.41 Å². The Kier molecular flexibility index (Phi) is 7.05. The van der Waals surface area contributed by atoms with Crippen LogP contribution < -0.4 is 0 Å². The van der Waals surface area contributed by atoms with Crippen LogP contribution in [0.1, 0.15) is 48.0 Å². The zero-order valence-corrected chi connectivity index (χ0v) is 13.9. The fraction of sp³-hybridized carbons (Fsp3) is 0.769. The van der Waals surface area contributed by atoms with E-state index in [4.69, 9.17) is 0 Å². The molecule has 108 valence electrons. The molecule has 6 heteroatoms. The van der Waals surface area contributed by atoms with Crippen LogP contribution in [0.15, 0.2) is 0 Å². The molecule has 0 aliphatic rings. The van der Waals surface area contributed by atoms with Crippen molar-refractivity contribution in [1.82, 2.24) is 0 Å². The Hall–Kier alpha value is -0.356. The van der Waals surface area contributed by atoms with Gasteiger partial charge in [0.15, 0.2) is 22.8 Å². The number of carbonyl (C=O) groups excluding carboxylic acids is 3. The first kappa shape index (κ1) is 21.0. The van der Waals surface area contributed by atoms with Crippen LogP contribution in [0.5, 0.6) is 0 Å². The number of carbonyl (C=O) groups is 3. The molecule has 0 radical (unpaired) electrons. The first-order valence-corrected chi connectivity index (χ1v) is 5.77. The van der Waals surface area contributed by atoms with Crippen LogP contribution in [0.4, 0.5) is 0 Å². The molecule has 19 heavy (non-hydrogen) atoms. The molecule has 0 saturated carbocycles. The minimum absolute atomic E-state index is 0. The van der Waals surface area contributed by atoms with Gasteiger partial charge in [-0.05, 0) is 41.5 Å². The molecule has 0 fully saturated rings. The molecule has 0 aliphatic heterocycles. The van der Waals surface area contributed by atoms with Crippen molar-refractivity contribution in [2.24, 2.45) is 5.41 Å². The van der Waals surface area contributed by atoms with Gasteiger partial charge in [0.1, 0.15) is 0 Å². The van der Waals surface area contributed by atoms with Crippen molar-refractivity contribution in [3.8, 4) is 0 Å². The molecule has 0 atom stereocenters. The SMILES string of the molecule is CC(=O)C(C(C)=O)(C(=O)CC(C)(C)O)C(C)(C)O.[Ti]. The second kappa shape index (κ2) is 6.40. The maximum atomic E-state index is 12.2. The van der Waals surface area contributed by atoms with E-state index in [1.807, 2.05) is 0 Å². The molecule has 0 aliphatic carbocycles. The summed E-state index contributed by atoms with van der Waals surface area (Å²) < 4.78 is 0. The largest absolute Gasteiger partial charge is 0.390 e. The summed E-state index contributed by atoms with van der Waals surface area (Å²) in [6.07, 6.45) is -0.379. The summed E-state index contributed by atoms with van der Waals surface area (Å²) in [5.41, 5.74) is -5.28. The van der Waals surface area contributed by atoms with Gasteiger partial charge >= 0.3 is 0 Å². The van der Waals surface area contributed by atoms with E-state index in [0.29, 0.717) is 0 Å². The Morgan fingerprint density at radius 1 is 0.895 bits per heavy atom. The Morgan fingerprint density at radius 2 is 1.21 bits per heavy atom. The van der Waals surface area contributed by atoms with Gasteiger partial charge in [-0.1, -0.05) is 0 Å². The predicted octanol–water partition coefficient (Wildman–Crippen LogP) is 0.649. The van der Waals surface area contributed by atoms with Crippen LogP contribution in [0.25, 0.3) is 0 Å². The van der Waals surface area contributed by atoms with Crippen molar-refractivity contribution in [2.75, 3.05) is 0 Å². The smallest absolute Gasteiger partial charge is 0.173 e. The van der Waals surface area contributed by atoms with E-state index in [9.17, 15) is 24.6 Å². The molecular formula is C13H22O5Ti. The molecule has 0 unspecified atom stereocenters. The van der Waals surface area contributed by atoms with Gasteiger partial charge < -0.3 is 10.2 Å². The fourth-order valence-corrected chi connectivity index (χ4v) is 2.37. The summed E-state index contributed by atoms with van der Waals surface area (Å²) in [4.78, 5) is 35.8. The minimum Gasteiger partial charge on any atom is -0.390 e. The molecule has 0 rings (SSSR count). The Morgan fingerprint density at radius 3 is 1.37 bits per heavy atom. The summed E-state index contributed by atoms with van der Waals surface area (Å²) in [7, 11) is 0. The van der Waals surface area contributed by atoms with Gasteiger partial charge in [-0.2, -0.15) is 0 Å². The van der Waals surface area contributed by atoms with Gasteiger partial charge in [0.25, 0.3) is 0 Å². The maximum Gasteiger partial charge on any atom is 0.173 e. The van der Waals surface area contributed by atoms with E-state index < -0.39 is 34.0 Å². The molecule has 0 aromatic rings. The topological polar surface area (TPSA) is 91.7 Å². The van der Waals surface area contributed by atoms with Crippen LogP contribution >= 0.6 is 0 Å². The van der Waals surface area contributed by atoms with Crippen molar-refractivity contribution in [2.45, 2.75) is 59.2 Å². The molecular weight excluding hydrogens is 284 g/mol. The first-order chi connectivity index (χ1) is 7.76. The molecule has 0 amide bonds. The quantitative estimate of drug-likeness (QED) is 0.555. The Balaban J connectivity index is 0. The summed E-state index contributed by atoms with van der Waals surface area (Å²) >= 11 is 0. The molecule has 0 saturated heterocycles. The summed E-state index contributed by atoms with van der Waals surface area (Å²) in [5, 5.41) is 19.7. The monoisotopic (exact) mass is 306 g/mol. The van der Waals surface area contributed by atoms with E-state index >= 15 is 0 Å². The van der Waals surface area contributed by atoms with E-state index in [1.54, 1.807) is 0 Å². The number of ketones is 3. The van der Waals surface area contributed by atoms with Crippen LogP contribution in [0.3, 0.4) is 0 Å². The van der Waals surface area contributed by atoms with Crippen molar-refractivity contribution in [1.29, 1.82) is 0 Å². The summed E-state index contributed by atoms with van der Waals surface area (Å²) in [6.45, 7) is 7.50. The van der Waals surface area contributed by atoms with E-state index in [1.165, 1.54) is 27.7 Å². The van der Waals surface area contributed by atoms with Gasteiger partial charge in [-0.3, -0.25) is 14.4 Å². The average Bonchev–Trinajstić information content (AvgIpc) is 1.94. The van der Waals surface area contributed by atoms with Crippen LogP contribution in [0.2, 0.25) is 0 Å². The third-order valence-electron chi connectivity index (χ3n) is 2.99. The fourth-order valence-electron chi connectivity index (χ4n) is 2.37. The molecule has 0 aromatic heterocycles. The van der Waals surface area contributed by atoms with Crippen LogP contribution in [-0.2, 0) is 36.1 Å². The molecule has 0 spiro atoms. The number of hydrogen-bond acceptors (Lipinski definition) is 5. The van der Waals surface area contributed by atoms with E-state index in [0.717, 1.165) is 13.8 Å². The zero-order valence-electron chi connectivity index (χ0n) is 12.3. The van der Waals surface area contributed by atoms with Crippen molar-refractivity contribution in [3.63, 3.8) is 0 Å². The molecule has 5 nitrogen and oxygen atoms in total. The Labute approximate surface area is 128 Å². The predicted molar refractivity (Wildman–Crippen MR) is 66.0 cm³/mol. The number of hydrogen-bond donors (Lipinski definition) is 2. The van der Waals surface area contributed by atoms with Crippen molar-refractivity contribution in [3.05, 3.63) is 0 Å². The molecule has 2 N–H and O–H groups in total. The summed E-state index contributed by atoms with van der Waals surface area (Å²) in [5.74, 6) is -2.18. The zero-order chi connectivity index (χ0) is 14.9. The van der Waals surface area contributed by atoms with E-state index in [-0.39, 0.29) is 28.1 Å². The second-order valence-electron chi connectivity index (χ2n) is 5.83. The van der Waals surface area contributed by atoms with Gasteiger partial charge in [-0.15, -0.1) is 0 Å². The average molecular weight is 306 g/mol. The van der Waals surface area contributed by atoms with Crippen LogP contribution in [-0.4, -0.2) is 38.8 Å². The number of aliphatic hydroxyl groups is 2. The second-order valence-corrected chi connectivity index (χ2v) is 5.83. The maximum absolute atomic E-state index is 12.2. The molecule has 0 bridgehead atoms. The van der Waals surface area contributed by atoms with Crippen molar-refractivity contribution < 1.29 is 46.3 Å². The van der Waals surface area contributed by atoms with E-state index in [2.05, 4.69) is 0 Å². The minimum atomic E-state index is -2.12. The Bertz CT molecular complexity index is 359. The standard InChI is InChI=1S/C13H22O5.Ti/c1-8(14)13(9(2)15,12(5,6)18)10(16)7-11(3,4)17;/h17-18H,7H2,1-6H3;. The third kappa shape index (κ3) is 4.31. The molecule has 0 aromatic carbocycles. The first-order valence-electron chi connectivity index (χ1n) is 5.77. The third-order valence-corrected chi connectivity index (χ3v) is 2.99. The number of Topliss-reactive ketones (excluding diaryl/α,β-unsaturated/α-hetero) is 3.